The van der Waals surface area contributed by atoms with E-state index in [1.807, 2.05) is 20.8 Å². The highest BCUT2D eigenvalue weighted by Gasteiger charge is 2.44. The van der Waals surface area contributed by atoms with Crippen molar-refractivity contribution in [2.24, 2.45) is 5.41 Å². The van der Waals surface area contributed by atoms with Crippen LogP contribution in [0.5, 0.6) is 0 Å². The summed E-state index contributed by atoms with van der Waals surface area (Å²) >= 11 is 6.81. The van der Waals surface area contributed by atoms with Crippen LogP contribution in [-0.2, 0) is 18.1 Å². The maximum Gasteiger partial charge on any atom is 0.475 e. The molecule has 0 bridgehead atoms. The van der Waals surface area contributed by atoms with E-state index >= 15 is 0 Å². The van der Waals surface area contributed by atoms with Crippen LogP contribution in [0.1, 0.15) is 20.8 Å². The van der Waals surface area contributed by atoms with Gasteiger partial charge in [-0.2, -0.15) is 0 Å². The fourth-order valence-electron chi connectivity index (χ4n) is 1.09. The Morgan fingerprint density at radius 2 is 1.69 bits per heavy atom. The molecule has 0 atom stereocenters. The first-order valence-electron chi connectivity index (χ1n) is 4.96. The molecule has 1 aliphatic rings. The van der Waals surface area contributed by atoms with Crippen molar-refractivity contribution in [3.63, 3.8) is 0 Å². The molecule has 0 aromatic carbocycles. The number of phosphoric ester groups is 1. The summed E-state index contributed by atoms with van der Waals surface area (Å²) in [5.74, 6) is 0. The first-order valence-corrected chi connectivity index (χ1v) is 8.66. The summed E-state index contributed by atoms with van der Waals surface area (Å²) in [6.07, 6.45) is 0. The van der Waals surface area contributed by atoms with Crippen molar-refractivity contribution >= 4 is 39.7 Å². The van der Waals surface area contributed by atoms with Crippen LogP contribution in [0.15, 0.2) is 0 Å². The van der Waals surface area contributed by atoms with E-state index in [0.29, 0.717) is 13.2 Å². The molecule has 16 heavy (non-hydrogen) atoms. The lowest BCUT2D eigenvalue weighted by Crippen LogP contribution is -2.39. The van der Waals surface area contributed by atoms with Gasteiger partial charge in [0, 0.05) is 16.1 Å². The fourth-order valence-corrected chi connectivity index (χ4v) is 4.38. The zero-order chi connectivity index (χ0) is 12.4. The van der Waals surface area contributed by atoms with Crippen LogP contribution in [0, 0.1) is 5.41 Å². The third-order valence-corrected chi connectivity index (χ3v) is 6.05. The lowest BCUT2D eigenvalue weighted by atomic mass is 9.96. The summed E-state index contributed by atoms with van der Waals surface area (Å²) < 4.78 is 28.0. The van der Waals surface area contributed by atoms with Gasteiger partial charge in [0.15, 0.2) is 0 Å². The monoisotopic (exact) mass is 378 g/mol. The first kappa shape index (κ1) is 15.1. The maximum atomic E-state index is 12.1. The highest BCUT2D eigenvalue weighted by atomic mass is 79.9. The van der Waals surface area contributed by atoms with E-state index in [1.54, 1.807) is 0 Å². The van der Waals surface area contributed by atoms with Gasteiger partial charge in [0.05, 0.1) is 18.8 Å². The van der Waals surface area contributed by atoms with Crippen LogP contribution in [-0.4, -0.2) is 29.5 Å². The van der Waals surface area contributed by atoms with Crippen molar-refractivity contribution in [3.05, 3.63) is 0 Å². The second kappa shape index (κ2) is 5.37. The van der Waals surface area contributed by atoms with Crippen LogP contribution in [0.3, 0.4) is 0 Å². The average Bonchev–Trinajstić information content (AvgIpc) is 2.17. The molecule has 0 unspecified atom stereocenters. The van der Waals surface area contributed by atoms with Crippen molar-refractivity contribution in [1.82, 2.24) is 0 Å². The Hall–Kier alpha value is 1.07. The molecule has 0 amide bonds. The van der Waals surface area contributed by atoms with Crippen molar-refractivity contribution in [2.75, 3.05) is 23.9 Å². The molecule has 96 valence electrons. The second-order valence-corrected chi connectivity index (χ2v) is 7.68. The number of hydrogen-bond acceptors (Lipinski definition) is 4. The van der Waals surface area contributed by atoms with E-state index in [4.69, 9.17) is 13.6 Å². The number of hydrogen-bond donors (Lipinski definition) is 0. The van der Waals surface area contributed by atoms with Gasteiger partial charge in [-0.1, -0.05) is 31.9 Å². The Balaban J connectivity index is 2.63. The van der Waals surface area contributed by atoms with E-state index in [2.05, 4.69) is 31.9 Å². The minimum atomic E-state index is -3.38. The Kier molecular flexibility index (Phi) is 5.08. The van der Waals surface area contributed by atoms with Gasteiger partial charge in [0.2, 0.25) is 0 Å². The Labute approximate surface area is 113 Å². The van der Waals surface area contributed by atoms with Crippen LogP contribution < -0.4 is 0 Å². The summed E-state index contributed by atoms with van der Waals surface area (Å²) in [7, 11) is -3.38. The van der Waals surface area contributed by atoms with Gasteiger partial charge < -0.3 is 0 Å². The van der Waals surface area contributed by atoms with E-state index in [1.165, 1.54) is 0 Å². The van der Waals surface area contributed by atoms with E-state index < -0.39 is 13.4 Å². The van der Waals surface area contributed by atoms with Crippen molar-refractivity contribution < 1.29 is 18.1 Å². The SMILES string of the molecule is CC(C)(C)OP1(=O)OCC(CBr)(CBr)CO1. The largest absolute Gasteiger partial charge is 0.475 e. The number of rotatable bonds is 3. The zero-order valence-electron chi connectivity index (χ0n) is 9.66. The van der Waals surface area contributed by atoms with Crippen LogP contribution in [0.25, 0.3) is 0 Å². The molecule has 1 rings (SSSR count). The number of alkyl halides is 2. The molecule has 0 aromatic heterocycles. The minimum Gasteiger partial charge on any atom is -0.286 e. The smallest absolute Gasteiger partial charge is 0.286 e. The van der Waals surface area contributed by atoms with Gasteiger partial charge in [0.25, 0.3) is 0 Å². The molecule has 1 aliphatic heterocycles. The van der Waals surface area contributed by atoms with Gasteiger partial charge in [-0.15, -0.1) is 0 Å². The quantitative estimate of drug-likeness (QED) is 0.553. The molecular weight excluding hydrogens is 363 g/mol. The average molecular weight is 380 g/mol. The molecule has 0 N–H and O–H groups in total. The van der Waals surface area contributed by atoms with Crippen LogP contribution in [0.4, 0.5) is 0 Å². The third-order valence-electron chi connectivity index (χ3n) is 2.01. The summed E-state index contributed by atoms with van der Waals surface area (Å²) in [6.45, 7) is 6.16. The summed E-state index contributed by atoms with van der Waals surface area (Å²) in [6, 6.07) is 0. The van der Waals surface area contributed by atoms with Crippen LogP contribution >= 0.6 is 39.7 Å². The Morgan fingerprint density at radius 3 is 2.00 bits per heavy atom. The molecule has 1 heterocycles. The van der Waals surface area contributed by atoms with Gasteiger partial charge in [-0.3, -0.25) is 13.6 Å². The Bertz CT molecular complexity index is 272. The predicted molar refractivity (Wildman–Crippen MR) is 70.4 cm³/mol. The summed E-state index contributed by atoms with van der Waals surface area (Å²) in [5, 5.41) is 1.45. The third kappa shape index (κ3) is 4.07. The van der Waals surface area contributed by atoms with Gasteiger partial charge in [0.1, 0.15) is 0 Å². The normalized spacial score (nSPS) is 24.3. The standard InChI is InChI=1S/C9H17Br2O4P/c1-8(2,3)15-16(12)13-6-9(4-10,5-11)7-14-16/h4-7H2,1-3H3. The topological polar surface area (TPSA) is 44.8 Å². The lowest BCUT2D eigenvalue weighted by molar-refractivity contribution is -0.0221. The predicted octanol–water partition coefficient (Wildman–Crippen LogP) is 3.73. The maximum absolute atomic E-state index is 12.1. The van der Waals surface area contributed by atoms with Gasteiger partial charge in [-0.05, 0) is 20.8 Å². The fraction of sp³-hybridized carbons (Fsp3) is 1.00. The number of phosphoric acid groups is 1. The molecule has 1 saturated heterocycles. The zero-order valence-corrected chi connectivity index (χ0v) is 13.7. The molecule has 0 spiro atoms. The van der Waals surface area contributed by atoms with Gasteiger partial charge >= 0.3 is 7.82 Å². The molecular formula is C9H17Br2O4P. The van der Waals surface area contributed by atoms with E-state index in [9.17, 15) is 4.57 Å². The highest BCUT2D eigenvalue weighted by Crippen LogP contribution is 2.57. The summed E-state index contributed by atoms with van der Waals surface area (Å²) in [5.41, 5.74) is -0.715. The molecule has 0 aromatic rings. The number of halogens is 2. The molecule has 0 radical (unpaired) electrons. The first-order chi connectivity index (χ1) is 7.24. The molecule has 7 heteroatoms. The summed E-state index contributed by atoms with van der Waals surface area (Å²) in [4.78, 5) is 0. The van der Waals surface area contributed by atoms with E-state index in [-0.39, 0.29) is 5.41 Å². The molecule has 0 aliphatic carbocycles. The van der Waals surface area contributed by atoms with Crippen molar-refractivity contribution in [3.8, 4) is 0 Å². The second-order valence-electron chi connectivity index (χ2n) is 4.97. The van der Waals surface area contributed by atoms with Gasteiger partial charge in [-0.25, -0.2) is 4.57 Å². The van der Waals surface area contributed by atoms with Crippen molar-refractivity contribution in [1.29, 1.82) is 0 Å². The molecule has 1 fully saturated rings. The highest BCUT2D eigenvalue weighted by molar-refractivity contribution is 9.09. The lowest BCUT2D eigenvalue weighted by Gasteiger charge is -2.38. The van der Waals surface area contributed by atoms with Crippen LogP contribution in [0.2, 0.25) is 0 Å². The Morgan fingerprint density at radius 1 is 1.25 bits per heavy atom. The molecule has 4 nitrogen and oxygen atoms in total. The van der Waals surface area contributed by atoms with Crippen molar-refractivity contribution in [2.45, 2.75) is 26.4 Å². The van der Waals surface area contributed by atoms with E-state index in [0.717, 1.165) is 10.7 Å². The minimum absolute atomic E-state index is 0.171. The molecule has 0 saturated carbocycles.